The molecule has 3 aromatic rings. The summed E-state index contributed by atoms with van der Waals surface area (Å²) in [6.45, 7) is 3.35. The average molecular weight is 579 g/mol. The van der Waals surface area contributed by atoms with E-state index in [9.17, 15) is 22.0 Å². The van der Waals surface area contributed by atoms with E-state index in [4.69, 9.17) is 9.47 Å². The molecule has 0 aromatic heterocycles. The fourth-order valence-electron chi connectivity index (χ4n) is 3.80. The zero-order valence-corrected chi connectivity index (χ0v) is 23.2. The van der Waals surface area contributed by atoms with Crippen LogP contribution in [0.5, 0.6) is 11.5 Å². The molecule has 0 fully saturated rings. The van der Waals surface area contributed by atoms with Gasteiger partial charge in [0.05, 0.1) is 0 Å². The Morgan fingerprint density at radius 2 is 1.64 bits per heavy atom. The summed E-state index contributed by atoms with van der Waals surface area (Å²) in [6, 6.07) is 13.3. The van der Waals surface area contributed by atoms with E-state index in [-0.39, 0.29) is 40.3 Å². The van der Waals surface area contributed by atoms with Gasteiger partial charge in [-0.3, -0.25) is 0 Å². The van der Waals surface area contributed by atoms with Gasteiger partial charge in [0, 0.05) is 0 Å². The number of benzene rings is 3. The van der Waals surface area contributed by atoms with Crippen molar-refractivity contribution in [1.29, 1.82) is 0 Å². The van der Waals surface area contributed by atoms with E-state index in [2.05, 4.69) is 5.32 Å². The molecular weight excluding hydrogens is 551 g/mol. The molecule has 3 aromatic carbocycles. The molecule has 0 aliphatic carbocycles. The summed E-state index contributed by atoms with van der Waals surface area (Å²) in [6.07, 6.45) is -0.0949. The number of ether oxygens (including phenoxy) is 2. The molecule has 0 saturated heterocycles. The SMILES string of the molecule is COc1ccc(S(=O)(=O)[As](CCNC(C)=O)c2ccc(C)cc2Cc2c(F)cccc2F)cc1OC. The average Bonchev–Trinajstić information content (AvgIpc) is 2.84. The van der Waals surface area contributed by atoms with Crippen molar-refractivity contribution in [2.45, 2.75) is 30.4 Å². The molecule has 10 heteroatoms. The van der Waals surface area contributed by atoms with E-state index in [1.807, 2.05) is 6.92 Å². The Morgan fingerprint density at radius 1 is 0.972 bits per heavy atom. The van der Waals surface area contributed by atoms with Crippen LogP contribution < -0.4 is 19.1 Å². The van der Waals surface area contributed by atoms with E-state index in [0.717, 1.165) is 5.56 Å². The summed E-state index contributed by atoms with van der Waals surface area (Å²) < 4.78 is 68.1. The van der Waals surface area contributed by atoms with Crippen molar-refractivity contribution in [3.05, 3.63) is 82.9 Å². The Kier molecular flexibility index (Phi) is 9.14. The zero-order valence-electron chi connectivity index (χ0n) is 20.5. The van der Waals surface area contributed by atoms with Crippen molar-refractivity contribution in [2.75, 3.05) is 20.8 Å². The molecule has 1 N–H and O–H groups in total. The maximum atomic E-state index is 14.5. The zero-order chi connectivity index (χ0) is 26.5. The minimum atomic E-state index is -3.89. The van der Waals surface area contributed by atoms with Crippen LogP contribution in [0.1, 0.15) is 23.6 Å². The predicted octanol–water partition coefficient (Wildman–Crippen LogP) is 3.69. The molecule has 0 aliphatic rings. The number of carbonyl (C=O) groups is 1. The Hall–Kier alpha value is -2.90. The molecule has 0 radical (unpaired) electrons. The predicted molar refractivity (Wildman–Crippen MR) is 136 cm³/mol. The quantitative estimate of drug-likeness (QED) is 0.371. The summed E-state index contributed by atoms with van der Waals surface area (Å²) in [5, 5.41) is 2.87. The Bertz CT molecular complexity index is 1340. The fourth-order valence-corrected chi connectivity index (χ4v) is 14.6. The number of methoxy groups -OCH3 is 2. The number of rotatable bonds is 10. The van der Waals surface area contributed by atoms with Gasteiger partial charge in [-0.15, -0.1) is 0 Å². The van der Waals surface area contributed by atoms with Crippen molar-refractivity contribution in [3.63, 3.8) is 0 Å². The molecule has 0 spiro atoms. The van der Waals surface area contributed by atoms with E-state index < -0.39 is 33.2 Å². The van der Waals surface area contributed by atoms with Gasteiger partial charge in [0.1, 0.15) is 0 Å². The number of hydrogen-bond donors (Lipinski definition) is 1. The third-order valence-corrected chi connectivity index (χ3v) is 17.3. The summed E-state index contributed by atoms with van der Waals surface area (Å²) >= 11 is -3.05. The second-order valence-electron chi connectivity index (χ2n) is 8.09. The molecule has 0 aliphatic heterocycles. The Morgan fingerprint density at radius 3 is 2.25 bits per heavy atom. The first-order valence-electron chi connectivity index (χ1n) is 11.1. The normalized spacial score (nSPS) is 12.2. The Labute approximate surface area is 213 Å². The molecule has 6 nitrogen and oxygen atoms in total. The molecule has 1 amide bonds. The van der Waals surface area contributed by atoms with E-state index in [1.54, 1.807) is 18.2 Å². The van der Waals surface area contributed by atoms with Gasteiger partial charge < -0.3 is 0 Å². The number of hydrogen-bond acceptors (Lipinski definition) is 5. The first kappa shape index (κ1) is 27.7. The molecule has 1 atom stereocenters. The molecule has 192 valence electrons. The van der Waals surface area contributed by atoms with Crippen LogP contribution in [0.4, 0.5) is 8.78 Å². The van der Waals surface area contributed by atoms with Gasteiger partial charge >= 0.3 is 214 Å². The number of halogens is 2. The first-order valence-corrected chi connectivity index (χ1v) is 17.1. The summed E-state index contributed by atoms with van der Waals surface area (Å²) in [4.78, 5) is 11.6. The topological polar surface area (TPSA) is 81.7 Å². The van der Waals surface area contributed by atoms with Gasteiger partial charge in [-0.05, 0) is 0 Å². The Balaban J connectivity index is 2.15. The summed E-state index contributed by atoms with van der Waals surface area (Å²) in [7, 11) is -1.01. The van der Waals surface area contributed by atoms with E-state index in [0.29, 0.717) is 15.7 Å². The standard InChI is InChI=1S/C26H28AsF2NO5S/c1-17-8-10-22(19(14-17)15-21-23(28)6-5-7-24(21)29)27(12-13-30-18(2)31)36(32,33)20-9-11-25(34-3)26(16-20)35-4/h5-11,14,16H,12-13,15H2,1-4H3,(H,30,31). The van der Waals surface area contributed by atoms with Crippen LogP contribution in [-0.2, 0) is 19.3 Å². The number of carbonyl (C=O) groups excluding carboxylic acids is 1. The monoisotopic (exact) mass is 579 g/mol. The van der Waals surface area contributed by atoms with Gasteiger partial charge in [0.2, 0.25) is 0 Å². The van der Waals surface area contributed by atoms with Crippen LogP contribution in [0.25, 0.3) is 0 Å². The van der Waals surface area contributed by atoms with Gasteiger partial charge in [-0.25, -0.2) is 0 Å². The third kappa shape index (κ3) is 6.26. The number of nitrogens with one attached hydrogen (secondary N) is 1. The van der Waals surface area contributed by atoms with Crippen molar-refractivity contribution >= 4 is 31.9 Å². The van der Waals surface area contributed by atoms with Crippen LogP contribution in [-0.4, -0.2) is 48.6 Å². The van der Waals surface area contributed by atoms with E-state index >= 15 is 0 Å². The van der Waals surface area contributed by atoms with Gasteiger partial charge in [-0.2, -0.15) is 0 Å². The molecule has 3 rings (SSSR count). The van der Waals surface area contributed by atoms with Gasteiger partial charge in [-0.1, -0.05) is 0 Å². The van der Waals surface area contributed by atoms with Crippen LogP contribution in [0.3, 0.4) is 0 Å². The van der Waals surface area contributed by atoms with Crippen molar-refractivity contribution in [2.24, 2.45) is 0 Å². The van der Waals surface area contributed by atoms with Gasteiger partial charge in [0.25, 0.3) is 0 Å². The van der Waals surface area contributed by atoms with Crippen molar-refractivity contribution < 1.29 is 31.5 Å². The molecule has 0 bridgehead atoms. The van der Waals surface area contributed by atoms with Crippen LogP contribution in [0.2, 0.25) is 5.21 Å². The fraction of sp³-hybridized carbons (Fsp3) is 0.269. The summed E-state index contributed by atoms with van der Waals surface area (Å²) in [5.74, 6) is -0.998. The van der Waals surface area contributed by atoms with Crippen molar-refractivity contribution in [3.8, 4) is 11.5 Å². The van der Waals surface area contributed by atoms with Crippen LogP contribution >= 0.6 is 0 Å². The first-order chi connectivity index (χ1) is 17.1. The second-order valence-corrected chi connectivity index (χ2v) is 18.4. The molecular formula is C26H28AsF2NO5S. The van der Waals surface area contributed by atoms with Crippen molar-refractivity contribution in [1.82, 2.24) is 5.32 Å². The molecule has 1 unspecified atom stereocenters. The van der Waals surface area contributed by atoms with Crippen LogP contribution in [0.15, 0.2) is 59.5 Å². The summed E-state index contributed by atoms with van der Waals surface area (Å²) in [5.41, 5.74) is 1.26. The molecule has 0 saturated carbocycles. The van der Waals surface area contributed by atoms with E-state index in [1.165, 1.54) is 57.5 Å². The maximum absolute atomic E-state index is 14.5. The minimum absolute atomic E-state index is 0.0616. The third-order valence-electron chi connectivity index (χ3n) is 5.56. The molecule has 0 heterocycles. The molecule has 36 heavy (non-hydrogen) atoms. The van der Waals surface area contributed by atoms with Gasteiger partial charge in [0.15, 0.2) is 0 Å². The number of amides is 1. The second kappa shape index (κ2) is 11.9. The number of aryl methyl sites for hydroxylation is 1. The van der Waals surface area contributed by atoms with Crippen LogP contribution in [0, 0.1) is 18.6 Å².